The number of carbonyl (C=O) groups excluding carboxylic acids is 2. The zero-order valence-corrected chi connectivity index (χ0v) is 19.5. The number of nitrogens with zero attached hydrogens (tertiary/aromatic N) is 4. The molecule has 2 aromatic carbocycles. The Labute approximate surface area is 204 Å². The van der Waals surface area contributed by atoms with Gasteiger partial charge < -0.3 is 4.74 Å². The molecule has 2 heterocycles. The molecule has 0 unspecified atom stereocenters. The first-order valence-corrected chi connectivity index (χ1v) is 11.4. The molecule has 11 heteroatoms. The summed E-state index contributed by atoms with van der Waals surface area (Å²) in [5.74, 6) is -0.0489. The van der Waals surface area contributed by atoms with Crippen LogP contribution in [0.25, 0.3) is 17.1 Å². The van der Waals surface area contributed by atoms with Crippen molar-refractivity contribution in [2.45, 2.75) is 5.16 Å². The molecule has 2 amide bonds. The molecule has 0 radical (unpaired) electrons. The van der Waals surface area contributed by atoms with Crippen LogP contribution in [-0.2, 0) is 4.79 Å². The molecule has 0 fully saturated rings. The highest BCUT2D eigenvalue weighted by molar-refractivity contribution is 7.99. The van der Waals surface area contributed by atoms with Crippen molar-refractivity contribution in [3.63, 3.8) is 0 Å². The van der Waals surface area contributed by atoms with E-state index in [1.54, 1.807) is 24.5 Å². The maximum Gasteiger partial charge on any atom is 0.273 e. The standard InChI is InChI=1S/C23H19ClN6O3S/c1-33-19-10-9-16(24)12-18(19)22(32)28-26-20(31)14-34-23-29-27-21(15-6-5-11-25-13-15)30(23)17-7-3-2-4-8-17/h2-13H,14H2,1H3,(H,26,31)(H,28,32). The predicted molar refractivity (Wildman–Crippen MR) is 129 cm³/mol. The van der Waals surface area contributed by atoms with Crippen molar-refractivity contribution >= 4 is 35.2 Å². The first-order valence-electron chi connectivity index (χ1n) is 10.0. The van der Waals surface area contributed by atoms with Gasteiger partial charge in [-0.3, -0.25) is 30.0 Å². The van der Waals surface area contributed by atoms with E-state index in [2.05, 4.69) is 26.0 Å². The second-order valence-electron chi connectivity index (χ2n) is 6.85. The highest BCUT2D eigenvalue weighted by Gasteiger charge is 2.18. The summed E-state index contributed by atoms with van der Waals surface area (Å²) in [7, 11) is 1.44. The van der Waals surface area contributed by atoms with Gasteiger partial charge in [-0.2, -0.15) is 0 Å². The summed E-state index contributed by atoms with van der Waals surface area (Å²) in [5, 5.41) is 9.46. The number of thioether (sulfide) groups is 1. The molecular weight excluding hydrogens is 476 g/mol. The molecule has 0 aliphatic heterocycles. The number of hydrazine groups is 1. The molecule has 0 bridgehead atoms. The Balaban J connectivity index is 1.46. The summed E-state index contributed by atoms with van der Waals surface area (Å²) in [4.78, 5) is 29.0. The fourth-order valence-corrected chi connectivity index (χ4v) is 4.00. The normalized spacial score (nSPS) is 10.5. The summed E-state index contributed by atoms with van der Waals surface area (Å²) < 4.78 is 7.02. The highest BCUT2D eigenvalue weighted by Crippen LogP contribution is 2.27. The summed E-state index contributed by atoms with van der Waals surface area (Å²) in [6.45, 7) is 0. The molecule has 4 rings (SSSR count). The lowest BCUT2D eigenvalue weighted by molar-refractivity contribution is -0.119. The molecule has 0 atom stereocenters. The van der Waals surface area contributed by atoms with Crippen LogP contribution < -0.4 is 15.6 Å². The van der Waals surface area contributed by atoms with Crippen molar-refractivity contribution in [2.75, 3.05) is 12.9 Å². The largest absolute Gasteiger partial charge is 0.496 e. The monoisotopic (exact) mass is 494 g/mol. The Kier molecular flexibility index (Phi) is 7.41. The van der Waals surface area contributed by atoms with Gasteiger partial charge in [-0.1, -0.05) is 41.6 Å². The average Bonchev–Trinajstić information content (AvgIpc) is 3.31. The van der Waals surface area contributed by atoms with E-state index >= 15 is 0 Å². The van der Waals surface area contributed by atoms with Gasteiger partial charge in [-0.15, -0.1) is 10.2 Å². The van der Waals surface area contributed by atoms with Gasteiger partial charge in [0.15, 0.2) is 11.0 Å². The van der Waals surface area contributed by atoms with E-state index in [4.69, 9.17) is 16.3 Å². The third-order valence-electron chi connectivity index (χ3n) is 4.62. The van der Waals surface area contributed by atoms with E-state index in [9.17, 15) is 9.59 Å². The summed E-state index contributed by atoms with van der Waals surface area (Å²) in [6.07, 6.45) is 3.38. The zero-order valence-electron chi connectivity index (χ0n) is 17.9. The van der Waals surface area contributed by atoms with E-state index in [1.807, 2.05) is 47.0 Å². The zero-order chi connectivity index (χ0) is 23.9. The predicted octanol–water partition coefficient (Wildman–Crippen LogP) is 3.54. The third-order valence-corrected chi connectivity index (χ3v) is 5.79. The number of hydrogen-bond acceptors (Lipinski definition) is 7. The maximum atomic E-state index is 12.5. The van der Waals surface area contributed by atoms with E-state index in [-0.39, 0.29) is 11.3 Å². The molecule has 0 spiro atoms. The van der Waals surface area contributed by atoms with Crippen LogP contribution in [0.3, 0.4) is 0 Å². The Morgan fingerprint density at radius 1 is 1.06 bits per heavy atom. The lowest BCUT2D eigenvalue weighted by Crippen LogP contribution is -2.42. The Morgan fingerprint density at radius 2 is 1.88 bits per heavy atom. The van der Waals surface area contributed by atoms with Gasteiger partial charge in [-0.25, -0.2) is 0 Å². The molecule has 0 aliphatic rings. The third kappa shape index (κ3) is 5.36. The minimum absolute atomic E-state index is 0.00896. The van der Waals surface area contributed by atoms with Crippen molar-refractivity contribution in [2.24, 2.45) is 0 Å². The molecule has 2 aromatic heterocycles. The number of para-hydroxylation sites is 1. The fraction of sp³-hybridized carbons (Fsp3) is 0.0870. The maximum absolute atomic E-state index is 12.5. The van der Waals surface area contributed by atoms with Crippen LogP contribution in [0.15, 0.2) is 78.2 Å². The van der Waals surface area contributed by atoms with Crippen molar-refractivity contribution in [3.05, 3.63) is 83.6 Å². The van der Waals surface area contributed by atoms with Crippen molar-refractivity contribution in [1.29, 1.82) is 0 Å². The number of nitrogens with one attached hydrogen (secondary N) is 2. The molecule has 0 aliphatic carbocycles. The van der Waals surface area contributed by atoms with Crippen LogP contribution in [0, 0.1) is 0 Å². The number of carbonyl (C=O) groups is 2. The van der Waals surface area contributed by atoms with Crippen molar-refractivity contribution in [3.8, 4) is 22.8 Å². The van der Waals surface area contributed by atoms with Gasteiger partial charge in [-0.05, 0) is 42.5 Å². The number of rotatable bonds is 7. The molecule has 0 saturated heterocycles. The number of methoxy groups -OCH3 is 1. The van der Waals surface area contributed by atoms with Crippen LogP contribution >= 0.6 is 23.4 Å². The first-order chi connectivity index (χ1) is 16.6. The highest BCUT2D eigenvalue weighted by atomic mass is 35.5. The number of amides is 2. The average molecular weight is 495 g/mol. The molecule has 34 heavy (non-hydrogen) atoms. The van der Waals surface area contributed by atoms with Gasteiger partial charge in [0.05, 0.1) is 18.4 Å². The molecule has 9 nitrogen and oxygen atoms in total. The quantitative estimate of drug-likeness (QED) is 0.298. The second-order valence-corrected chi connectivity index (χ2v) is 8.23. The first kappa shape index (κ1) is 23.3. The van der Waals surface area contributed by atoms with Gasteiger partial charge >= 0.3 is 0 Å². The molecular formula is C23H19ClN6O3S. The van der Waals surface area contributed by atoms with Gasteiger partial charge in [0.1, 0.15) is 5.75 Å². The van der Waals surface area contributed by atoms with Crippen LogP contribution in [-0.4, -0.2) is 44.4 Å². The number of hydrogen-bond donors (Lipinski definition) is 2. The van der Waals surface area contributed by atoms with Gasteiger partial charge in [0.2, 0.25) is 5.91 Å². The number of ether oxygens (including phenoxy) is 1. The second kappa shape index (κ2) is 10.8. The Bertz CT molecular complexity index is 1300. The Hall–Kier alpha value is -3.89. The summed E-state index contributed by atoms with van der Waals surface area (Å²) >= 11 is 7.15. The minimum atomic E-state index is -0.552. The molecule has 0 saturated carbocycles. The van der Waals surface area contributed by atoms with Crippen LogP contribution in [0.4, 0.5) is 0 Å². The van der Waals surface area contributed by atoms with Crippen LogP contribution in [0.5, 0.6) is 5.75 Å². The number of aromatic nitrogens is 4. The van der Waals surface area contributed by atoms with Gasteiger partial charge in [0, 0.05) is 28.7 Å². The van der Waals surface area contributed by atoms with Crippen LogP contribution in [0.2, 0.25) is 5.02 Å². The number of halogens is 1. The van der Waals surface area contributed by atoms with E-state index in [0.717, 1.165) is 11.3 Å². The lowest BCUT2D eigenvalue weighted by Gasteiger charge is -2.11. The molecule has 4 aromatic rings. The molecule has 172 valence electrons. The lowest BCUT2D eigenvalue weighted by atomic mass is 10.2. The smallest absolute Gasteiger partial charge is 0.273 e. The van der Waals surface area contributed by atoms with E-state index in [1.165, 1.54) is 24.9 Å². The van der Waals surface area contributed by atoms with Crippen molar-refractivity contribution < 1.29 is 14.3 Å². The van der Waals surface area contributed by atoms with Gasteiger partial charge in [0.25, 0.3) is 5.91 Å². The fourth-order valence-electron chi connectivity index (χ4n) is 3.07. The number of pyridine rings is 1. The summed E-state index contributed by atoms with van der Waals surface area (Å²) in [6, 6.07) is 17.9. The SMILES string of the molecule is COc1ccc(Cl)cc1C(=O)NNC(=O)CSc1nnc(-c2cccnc2)n1-c1ccccc1. The molecule has 2 N–H and O–H groups in total. The van der Waals surface area contributed by atoms with E-state index < -0.39 is 11.8 Å². The topological polar surface area (TPSA) is 111 Å². The number of benzene rings is 2. The van der Waals surface area contributed by atoms with Crippen LogP contribution in [0.1, 0.15) is 10.4 Å². The van der Waals surface area contributed by atoms with Crippen molar-refractivity contribution in [1.82, 2.24) is 30.6 Å². The Morgan fingerprint density at radius 3 is 2.62 bits per heavy atom. The minimum Gasteiger partial charge on any atom is -0.496 e. The van der Waals surface area contributed by atoms with E-state index in [0.29, 0.717) is 21.8 Å². The summed E-state index contributed by atoms with van der Waals surface area (Å²) in [5.41, 5.74) is 6.60.